The molecule has 1 aromatic carbocycles. The van der Waals surface area contributed by atoms with Crippen molar-refractivity contribution in [2.75, 3.05) is 6.61 Å². The number of hydrogen-bond donors (Lipinski definition) is 0. The molecule has 0 fully saturated rings. The molecule has 3 heteroatoms. The van der Waals surface area contributed by atoms with E-state index in [-0.39, 0.29) is 0 Å². The molecular formula is C9H8Br2O. The van der Waals surface area contributed by atoms with Crippen LogP contribution in [0.4, 0.5) is 0 Å². The predicted molar refractivity (Wildman–Crippen MR) is 57.5 cm³/mol. The minimum absolute atomic E-state index is 0.528. The lowest BCUT2D eigenvalue weighted by Crippen LogP contribution is -1.92. The first-order chi connectivity index (χ1) is 5.74. The molecule has 0 saturated carbocycles. The van der Waals surface area contributed by atoms with Gasteiger partial charge in [-0.15, -0.1) is 0 Å². The van der Waals surface area contributed by atoms with Crippen LogP contribution < -0.4 is 4.74 Å². The van der Waals surface area contributed by atoms with E-state index >= 15 is 0 Å². The molecule has 0 spiro atoms. The Bertz CT molecular complexity index is 284. The minimum Gasteiger partial charge on any atom is -0.488 e. The van der Waals surface area contributed by atoms with Crippen LogP contribution in [-0.2, 0) is 0 Å². The number of halogens is 2. The first-order valence-corrected chi connectivity index (χ1v) is 5.01. The molecule has 1 nitrogen and oxygen atoms in total. The van der Waals surface area contributed by atoms with Crippen molar-refractivity contribution in [3.05, 3.63) is 39.8 Å². The number of rotatable bonds is 3. The van der Waals surface area contributed by atoms with E-state index in [9.17, 15) is 0 Å². The fraction of sp³-hybridized carbons (Fsp3) is 0.111. The van der Waals surface area contributed by atoms with E-state index < -0.39 is 0 Å². The van der Waals surface area contributed by atoms with Gasteiger partial charge in [-0.1, -0.05) is 28.6 Å². The zero-order valence-electron chi connectivity index (χ0n) is 6.39. The normalized spacial score (nSPS) is 9.50. The monoisotopic (exact) mass is 290 g/mol. The summed E-state index contributed by atoms with van der Waals surface area (Å²) in [7, 11) is 0. The molecular weight excluding hydrogens is 284 g/mol. The molecule has 0 saturated heterocycles. The highest BCUT2D eigenvalue weighted by atomic mass is 79.9. The average molecular weight is 292 g/mol. The molecule has 12 heavy (non-hydrogen) atoms. The standard InChI is InChI=1S/C9H8Br2O/c1-2-5-12-9-4-3-7(10)6-8(9)11/h2-4,6H,1,5H2. The van der Waals surface area contributed by atoms with Crippen LogP contribution in [0.5, 0.6) is 5.75 Å². The summed E-state index contributed by atoms with van der Waals surface area (Å²) in [4.78, 5) is 0. The largest absolute Gasteiger partial charge is 0.488 e. The van der Waals surface area contributed by atoms with E-state index in [4.69, 9.17) is 4.74 Å². The molecule has 0 heterocycles. The highest BCUT2D eigenvalue weighted by Gasteiger charge is 1.99. The van der Waals surface area contributed by atoms with Crippen LogP contribution in [-0.4, -0.2) is 6.61 Å². The summed E-state index contributed by atoms with van der Waals surface area (Å²) in [5.74, 6) is 0.832. The number of ether oxygens (including phenoxy) is 1. The highest BCUT2D eigenvalue weighted by Crippen LogP contribution is 2.27. The predicted octanol–water partition coefficient (Wildman–Crippen LogP) is 3.78. The number of hydrogen-bond acceptors (Lipinski definition) is 1. The number of benzene rings is 1. The van der Waals surface area contributed by atoms with E-state index in [1.807, 2.05) is 18.2 Å². The van der Waals surface area contributed by atoms with Crippen molar-refractivity contribution in [3.63, 3.8) is 0 Å². The van der Waals surface area contributed by atoms with E-state index in [1.54, 1.807) is 6.08 Å². The van der Waals surface area contributed by atoms with E-state index in [0.717, 1.165) is 14.7 Å². The van der Waals surface area contributed by atoms with Crippen molar-refractivity contribution in [3.8, 4) is 5.75 Å². The zero-order valence-corrected chi connectivity index (χ0v) is 9.56. The third-order valence-electron chi connectivity index (χ3n) is 1.25. The molecule has 0 aliphatic rings. The molecule has 0 amide bonds. The second-order valence-corrected chi connectivity index (χ2v) is 3.94. The molecule has 0 aromatic heterocycles. The van der Waals surface area contributed by atoms with Crippen LogP contribution in [0.15, 0.2) is 39.8 Å². The summed E-state index contributed by atoms with van der Waals surface area (Å²) < 4.78 is 7.33. The van der Waals surface area contributed by atoms with E-state index in [0.29, 0.717) is 6.61 Å². The average Bonchev–Trinajstić information content (AvgIpc) is 2.03. The Labute approximate surface area is 88.7 Å². The second kappa shape index (κ2) is 4.67. The summed E-state index contributed by atoms with van der Waals surface area (Å²) in [5, 5.41) is 0. The Balaban J connectivity index is 2.78. The molecule has 0 atom stereocenters. The smallest absolute Gasteiger partial charge is 0.134 e. The topological polar surface area (TPSA) is 9.23 Å². The van der Waals surface area contributed by atoms with Crippen LogP contribution >= 0.6 is 31.9 Å². The Morgan fingerprint density at radius 2 is 2.17 bits per heavy atom. The van der Waals surface area contributed by atoms with Crippen molar-refractivity contribution < 1.29 is 4.74 Å². The molecule has 0 N–H and O–H groups in total. The summed E-state index contributed by atoms with van der Waals surface area (Å²) in [6, 6.07) is 5.78. The third kappa shape index (κ3) is 2.64. The van der Waals surface area contributed by atoms with Crippen LogP contribution in [0, 0.1) is 0 Å². The fourth-order valence-corrected chi connectivity index (χ4v) is 1.90. The van der Waals surface area contributed by atoms with Gasteiger partial charge >= 0.3 is 0 Å². The van der Waals surface area contributed by atoms with Gasteiger partial charge < -0.3 is 4.74 Å². The summed E-state index contributed by atoms with van der Waals surface area (Å²) >= 11 is 6.75. The van der Waals surface area contributed by atoms with Gasteiger partial charge in [0.25, 0.3) is 0 Å². The van der Waals surface area contributed by atoms with Crippen LogP contribution in [0.3, 0.4) is 0 Å². The first-order valence-electron chi connectivity index (χ1n) is 3.43. The summed E-state index contributed by atoms with van der Waals surface area (Å²) in [6.07, 6.45) is 1.72. The van der Waals surface area contributed by atoms with Gasteiger partial charge in [0.1, 0.15) is 12.4 Å². The van der Waals surface area contributed by atoms with Gasteiger partial charge in [-0.05, 0) is 34.1 Å². The molecule has 1 aromatic rings. The third-order valence-corrected chi connectivity index (χ3v) is 2.36. The quantitative estimate of drug-likeness (QED) is 0.770. The van der Waals surface area contributed by atoms with E-state index in [2.05, 4.69) is 38.4 Å². The van der Waals surface area contributed by atoms with Crippen LogP contribution in [0.2, 0.25) is 0 Å². The molecule has 0 aliphatic carbocycles. The van der Waals surface area contributed by atoms with Crippen molar-refractivity contribution >= 4 is 31.9 Å². The van der Waals surface area contributed by atoms with Gasteiger partial charge in [0.2, 0.25) is 0 Å². The minimum atomic E-state index is 0.528. The van der Waals surface area contributed by atoms with Gasteiger partial charge in [0, 0.05) is 4.47 Å². The lowest BCUT2D eigenvalue weighted by Gasteiger charge is -2.05. The molecule has 1 rings (SSSR count). The van der Waals surface area contributed by atoms with Crippen molar-refractivity contribution in [1.82, 2.24) is 0 Å². The molecule has 0 aliphatic heterocycles. The lowest BCUT2D eigenvalue weighted by atomic mass is 10.3. The first kappa shape index (κ1) is 9.81. The summed E-state index contributed by atoms with van der Waals surface area (Å²) in [6.45, 7) is 4.10. The van der Waals surface area contributed by atoms with Gasteiger partial charge in [-0.3, -0.25) is 0 Å². The van der Waals surface area contributed by atoms with Gasteiger partial charge in [-0.25, -0.2) is 0 Å². The van der Waals surface area contributed by atoms with Gasteiger partial charge in [0.15, 0.2) is 0 Å². The maximum absolute atomic E-state index is 5.36. The van der Waals surface area contributed by atoms with Crippen molar-refractivity contribution in [1.29, 1.82) is 0 Å². The van der Waals surface area contributed by atoms with Crippen LogP contribution in [0.25, 0.3) is 0 Å². The Morgan fingerprint density at radius 3 is 2.75 bits per heavy atom. The maximum Gasteiger partial charge on any atom is 0.134 e. The molecule has 0 bridgehead atoms. The Kier molecular flexibility index (Phi) is 3.82. The van der Waals surface area contributed by atoms with Crippen molar-refractivity contribution in [2.45, 2.75) is 0 Å². The molecule has 0 unspecified atom stereocenters. The molecule has 0 radical (unpaired) electrons. The lowest BCUT2D eigenvalue weighted by molar-refractivity contribution is 0.361. The van der Waals surface area contributed by atoms with Crippen LogP contribution in [0.1, 0.15) is 0 Å². The maximum atomic E-state index is 5.36. The van der Waals surface area contributed by atoms with Crippen molar-refractivity contribution in [2.24, 2.45) is 0 Å². The summed E-state index contributed by atoms with van der Waals surface area (Å²) in [5.41, 5.74) is 0. The SMILES string of the molecule is C=CCOc1ccc(Br)cc1Br. The van der Waals surface area contributed by atoms with Gasteiger partial charge in [0.05, 0.1) is 4.47 Å². The van der Waals surface area contributed by atoms with E-state index in [1.165, 1.54) is 0 Å². The van der Waals surface area contributed by atoms with Gasteiger partial charge in [-0.2, -0.15) is 0 Å². The zero-order chi connectivity index (χ0) is 8.97. The highest BCUT2D eigenvalue weighted by molar-refractivity contribution is 9.11. The second-order valence-electron chi connectivity index (χ2n) is 2.17. The Hall–Kier alpha value is -0.280. The molecule has 64 valence electrons. The fourth-order valence-electron chi connectivity index (χ4n) is 0.741. The Morgan fingerprint density at radius 1 is 1.42 bits per heavy atom.